The molecule has 0 aromatic heterocycles. The van der Waals surface area contributed by atoms with Gasteiger partial charge >= 0.3 is 0 Å². The molecular weight excluding hydrogens is 327 g/mol. The van der Waals surface area contributed by atoms with Crippen LogP contribution >= 0.6 is 0 Å². The summed E-state index contributed by atoms with van der Waals surface area (Å²) in [6.45, 7) is 5.43. The molecule has 0 heterocycles. The minimum absolute atomic E-state index is 0.0191. The van der Waals surface area contributed by atoms with E-state index in [1.54, 1.807) is 13.0 Å². The highest BCUT2D eigenvalue weighted by atomic mass is 19.1. The van der Waals surface area contributed by atoms with E-state index in [2.05, 4.69) is 29.3 Å². The van der Waals surface area contributed by atoms with Crippen molar-refractivity contribution in [1.29, 1.82) is 0 Å². The number of benzene rings is 2. The Morgan fingerprint density at radius 2 is 1.92 bits per heavy atom. The summed E-state index contributed by atoms with van der Waals surface area (Å²) >= 11 is 0. The standard InChI is InChI=1S/C22H27FN2O/c1-16-8-9-19(12-21(16)23)13-24-22(26)15-25(17(2)20-10-11-20)14-18-6-4-3-5-7-18/h3-9,12,17,20H,10-11,13-15H2,1-2H3,(H,24,26). The molecule has 0 spiro atoms. The highest BCUT2D eigenvalue weighted by Gasteiger charge is 2.32. The molecule has 1 fully saturated rings. The van der Waals surface area contributed by atoms with Crippen molar-refractivity contribution in [2.75, 3.05) is 6.54 Å². The molecule has 1 N–H and O–H groups in total. The van der Waals surface area contributed by atoms with E-state index in [1.165, 1.54) is 24.5 Å². The first-order chi connectivity index (χ1) is 12.5. The lowest BCUT2D eigenvalue weighted by Crippen LogP contribution is -2.42. The molecule has 3 rings (SSSR count). The Labute approximate surface area is 155 Å². The molecule has 3 nitrogen and oxygen atoms in total. The van der Waals surface area contributed by atoms with Crippen LogP contribution in [0.25, 0.3) is 0 Å². The van der Waals surface area contributed by atoms with Gasteiger partial charge in [0.2, 0.25) is 5.91 Å². The zero-order chi connectivity index (χ0) is 18.5. The van der Waals surface area contributed by atoms with Gasteiger partial charge in [-0.15, -0.1) is 0 Å². The summed E-state index contributed by atoms with van der Waals surface area (Å²) in [6.07, 6.45) is 2.49. The number of carbonyl (C=O) groups is 1. The van der Waals surface area contributed by atoms with Gasteiger partial charge < -0.3 is 5.32 Å². The van der Waals surface area contributed by atoms with Crippen LogP contribution in [-0.2, 0) is 17.9 Å². The van der Waals surface area contributed by atoms with Crippen LogP contribution in [-0.4, -0.2) is 23.4 Å². The summed E-state index contributed by atoms with van der Waals surface area (Å²) in [5.41, 5.74) is 2.62. The second kappa shape index (κ2) is 8.45. The Hall–Kier alpha value is -2.20. The third-order valence-corrected chi connectivity index (χ3v) is 5.18. The molecule has 1 saturated carbocycles. The monoisotopic (exact) mass is 354 g/mol. The molecule has 1 aliphatic carbocycles. The van der Waals surface area contributed by atoms with E-state index < -0.39 is 0 Å². The lowest BCUT2D eigenvalue weighted by Gasteiger charge is -2.28. The van der Waals surface area contributed by atoms with Crippen molar-refractivity contribution in [3.63, 3.8) is 0 Å². The van der Waals surface area contributed by atoms with Gasteiger partial charge in [-0.1, -0.05) is 42.5 Å². The predicted octanol–water partition coefficient (Wildman–Crippen LogP) is 4.05. The van der Waals surface area contributed by atoms with Gasteiger partial charge in [-0.2, -0.15) is 0 Å². The van der Waals surface area contributed by atoms with Crippen molar-refractivity contribution in [3.05, 3.63) is 71.0 Å². The number of hydrogen-bond donors (Lipinski definition) is 1. The largest absolute Gasteiger partial charge is 0.351 e. The molecule has 2 aromatic carbocycles. The van der Waals surface area contributed by atoms with Gasteiger partial charge in [0.1, 0.15) is 5.82 Å². The van der Waals surface area contributed by atoms with E-state index in [4.69, 9.17) is 0 Å². The van der Waals surface area contributed by atoms with Crippen LogP contribution in [0.4, 0.5) is 4.39 Å². The average molecular weight is 354 g/mol. The summed E-state index contributed by atoms with van der Waals surface area (Å²) in [5, 5.41) is 2.93. The minimum atomic E-state index is -0.232. The molecule has 26 heavy (non-hydrogen) atoms. The summed E-state index contributed by atoms with van der Waals surface area (Å²) < 4.78 is 13.6. The Balaban J connectivity index is 1.58. The topological polar surface area (TPSA) is 32.3 Å². The van der Waals surface area contributed by atoms with Crippen LogP contribution in [0, 0.1) is 18.7 Å². The first-order valence-electron chi connectivity index (χ1n) is 9.32. The minimum Gasteiger partial charge on any atom is -0.351 e. The molecule has 0 radical (unpaired) electrons. The number of carbonyl (C=O) groups excluding carboxylic acids is 1. The number of amides is 1. The Bertz CT molecular complexity index is 743. The molecule has 138 valence electrons. The third-order valence-electron chi connectivity index (χ3n) is 5.18. The summed E-state index contributed by atoms with van der Waals surface area (Å²) in [5.74, 6) is 0.442. The second-order valence-corrected chi connectivity index (χ2v) is 7.33. The van der Waals surface area contributed by atoms with E-state index in [0.717, 1.165) is 12.1 Å². The van der Waals surface area contributed by atoms with Gasteiger partial charge in [-0.3, -0.25) is 9.69 Å². The number of nitrogens with zero attached hydrogens (tertiary/aromatic N) is 1. The molecule has 4 heteroatoms. The fraction of sp³-hybridized carbons (Fsp3) is 0.409. The lowest BCUT2D eigenvalue weighted by molar-refractivity contribution is -0.123. The van der Waals surface area contributed by atoms with Crippen LogP contribution < -0.4 is 5.32 Å². The van der Waals surface area contributed by atoms with Gasteiger partial charge in [0, 0.05) is 19.1 Å². The zero-order valence-electron chi connectivity index (χ0n) is 15.5. The van der Waals surface area contributed by atoms with Crippen molar-refractivity contribution in [1.82, 2.24) is 10.2 Å². The van der Waals surface area contributed by atoms with E-state index in [9.17, 15) is 9.18 Å². The highest BCUT2D eigenvalue weighted by molar-refractivity contribution is 5.78. The molecule has 1 amide bonds. The normalized spacial score (nSPS) is 15.1. The van der Waals surface area contributed by atoms with E-state index in [0.29, 0.717) is 30.6 Å². The highest BCUT2D eigenvalue weighted by Crippen LogP contribution is 2.35. The van der Waals surface area contributed by atoms with Gasteiger partial charge in [0.15, 0.2) is 0 Å². The molecule has 1 unspecified atom stereocenters. The Kier molecular flexibility index (Phi) is 6.04. The summed E-state index contributed by atoms with van der Waals surface area (Å²) in [7, 11) is 0. The molecular formula is C22H27FN2O. The molecule has 0 aliphatic heterocycles. The summed E-state index contributed by atoms with van der Waals surface area (Å²) in [6, 6.07) is 15.7. The van der Waals surface area contributed by atoms with Crippen LogP contribution in [0.1, 0.15) is 36.5 Å². The number of halogens is 1. The van der Waals surface area contributed by atoms with Crippen LogP contribution in [0.15, 0.2) is 48.5 Å². The quantitative estimate of drug-likeness (QED) is 0.776. The Morgan fingerprint density at radius 1 is 1.19 bits per heavy atom. The smallest absolute Gasteiger partial charge is 0.234 e. The van der Waals surface area contributed by atoms with E-state index >= 15 is 0 Å². The van der Waals surface area contributed by atoms with Crippen molar-refractivity contribution < 1.29 is 9.18 Å². The molecule has 2 aromatic rings. The zero-order valence-corrected chi connectivity index (χ0v) is 15.5. The van der Waals surface area contributed by atoms with Gasteiger partial charge in [0.25, 0.3) is 0 Å². The SMILES string of the molecule is Cc1ccc(CNC(=O)CN(Cc2ccccc2)C(C)C2CC2)cc1F. The fourth-order valence-electron chi connectivity index (χ4n) is 3.23. The maximum Gasteiger partial charge on any atom is 0.234 e. The predicted molar refractivity (Wildman–Crippen MR) is 102 cm³/mol. The molecule has 0 bridgehead atoms. The molecule has 1 atom stereocenters. The van der Waals surface area contributed by atoms with E-state index in [-0.39, 0.29) is 11.7 Å². The molecule has 1 aliphatic rings. The second-order valence-electron chi connectivity index (χ2n) is 7.33. The average Bonchev–Trinajstić information content (AvgIpc) is 3.47. The first kappa shape index (κ1) is 18.6. The number of nitrogens with one attached hydrogen (secondary N) is 1. The lowest BCUT2D eigenvalue weighted by atomic mass is 10.1. The van der Waals surface area contributed by atoms with Crippen LogP contribution in [0.2, 0.25) is 0 Å². The maximum absolute atomic E-state index is 13.6. The fourth-order valence-corrected chi connectivity index (χ4v) is 3.23. The van der Waals surface area contributed by atoms with Crippen molar-refractivity contribution in [2.45, 2.75) is 45.8 Å². The number of hydrogen-bond acceptors (Lipinski definition) is 2. The molecule has 0 saturated heterocycles. The van der Waals surface area contributed by atoms with Gasteiger partial charge in [-0.25, -0.2) is 4.39 Å². The summed E-state index contributed by atoms with van der Waals surface area (Å²) in [4.78, 5) is 14.7. The number of rotatable bonds is 8. The van der Waals surface area contributed by atoms with Crippen molar-refractivity contribution >= 4 is 5.91 Å². The maximum atomic E-state index is 13.6. The first-order valence-corrected chi connectivity index (χ1v) is 9.32. The Morgan fingerprint density at radius 3 is 2.58 bits per heavy atom. The van der Waals surface area contributed by atoms with Crippen molar-refractivity contribution in [2.24, 2.45) is 5.92 Å². The van der Waals surface area contributed by atoms with Crippen LogP contribution in [0.5, 0.6) is 0 Å². The van der Waals surface area contributed by atoms with E-state index in [1.807, 2.05) is 24.3 Å². The number of aryl methyl sites for hydroxylation is 1. The third kappa shape index (κ3) is 5.15. The van der Waals surface area contributed by atoms with Gasteiger partial charge in [0.05, 0.1) is 6.54 Å². The van der Waals surface area contributed by atoms with Crippen LogP contribution in [0.3, 0.4) is 0 Å². The van der Waals surface area contributed by atoms with Gasteiger partial charge in [-0.05, 0) is 55.4 Å². The van der Waals surface area contributed by atoms with Crippen molar-refractivity contribution in [3.8, 4) is 0 Å².